The number of rotatable bonds is 0. The van der Waals surface area contributed by atoms with Gasteiger partial charge in [-0.2, -0.15) is 21.0 Å². The molecule has 44 heavy (non-hydrogen) atoms. The molecule has 0 saturated heterocycles. The predicted molar refractivity (Wildman–Crippen MR) is 218 cm³/mol. The summed E-state index contributed by atoms with van der Waals surface area (Å²) in [6, 6.07) is 7.00. The highest BCUT2D eigenvalue weighted by Gasteiger charge is 1.65. The van der Waals surface area contributed by atoms with Gasteiger partial charge in [-0.1, -0.05) is 142 Å². The summed E-state index contributed by atoms with van der Waals surface area (Å²) in [4.78, 5) is 18.2. The van der Waals surface area contributed by atoms with Crippen molar-refractivity contribution in [2.45, 2.75) is 184 Å². The van der Waals surface area contributed by atoms with Crippen molar-refractivity contribution < 1.29 is 14.7 Å². The van der Waals surface area contributed by atoms with Gasteiger partial charge in [-0.3, -0.25) is 9.59 Å². The number of carbonyl (C=O) groups is 2. The Morgan fingerprint density at radius 1 is 0.432 bits per heavy atom. The molecule has 0 aromatic heterocycles. The van der Waals surface area contributed by atoms with E-state index in [9.17, 15) is 4.79 Å². The first-order valence-corrected chi connectivity index (χ1v) is 10.8. The first-order valence-electron chi connectivity index (χ1n) is 10.8. The maximum atomic E-state index is 9.22. The summed E-state index contributed by atoms with van der Waals surface area (Å²) in [5.74, 6) is -1.17. The molecule has 0 aliphatic carbocycles. The number of aliphatic carboxylic acids is 1. The number of carboxylic acids is 1. The maximum Gasteiger partial charge on any atom is 0.300 e. The highest BCUT2D eigenvalue weighted by atomic mass is 16.4. The van der Waals surface area contributed by atoms with E-state index in [0.717, 1.165) is 6.92 Å². The second kappa shape index (κ2) is 1200. The molecule has 0 aliphatic heterocycles. The average molecular weight is 635 g/mol. The first kappa shape index (κ1) is 225. The summed E-state index contributed by atoms with van der Waals surface area (Å²) in [6.07, 6.45) is 0. The van der Waals surface area contributed by atoms with Gasteiger partial charge < -0.3 is 10.8 Å². The van der Waals surface area contributed by atoms with Gasteiger partial charge in [0.25, 0.3) is 5.97 Å². The molecule has 3 N–H and O–H groups in total. The molecule has 0 atom stereocenters. The Balaban J connectivity index is -0.00000000444. The summed E-state index contributed by atoms with van der Waals surface area (Å²) in [7, 11) is 0. The number of nitrogens with zero attached hydrogens (tertiary/aromatic N) is 4. The number of amides is 1. The van der Waals surface area contributed by atoms with Crippen LogP contribution in [0.1, 0.15) is 184 Å². The zero-order valence-corrected chi connectivity index (χ0v) is 26.9. The van der Waals surface area contributed by atoms with E-state index in [-0.39, 0.29) is 99.0 Å². The lowest BCUT2D eigenvalue weighted by Crippen LogP contribution is -2.01. The SMILES string of the molecule is C.C.C.C.C.C.C.C.CC.CC.CC.CC.CC.CC.CC#N.CC#N.CC#N.CC#N.CC(=O)O.CC(N)=O.[B].[B].[B].[B]. The number of carbonyl (C=O) groups excluding carboxylic acids is 1. The van der Waals surface area contributed by atoms with Crippen LogP contribution in [0.25, 0.3) is 0 Å². The van der Waals surface area contributed by atoms with Crippen molar-refractivity contribution in [3.8, 4) is 24.3 Å². The fraction of sp³-hybridized carbons (Fsp3) is 0.812. The molecule has 0 aromatic rings. The molecule has 0 bridgehead atoms. The van der Waals surface area contributed by atoms with Crippen molar-refractivity contribution in [1.82, 2.24) is 0 Å². The summed E-state index contributed by atoms with van der Waals surface area (Å²) < 4.78 is 0. The zero-order chi connectivity index (χ0) is 30.0. The summed E-state index contributed by atoms with van der Waals surface area (Å²) in [5.41, 5.74) is 4.47. The van der Waals surface area contributed by atoms with E-state index in [1.807, 2.05) is 83.1 Å². The van der Waals surface area contributed by atoms with Crippen molar-refractivity contribution in [3.63, 3.8) is 0 Å². The molecule has 0 fully saturated rings. The number of hydrogen-bond acceptors (Lipinski definition) is 6. The van der Waals surface area contributed by atoms with Gasteiger partial charge >= 0.3 is 0 Å². The van der Waals surface area contributed by atoms with Gasteiger partial charge in [0, 0.05) is 75.2 Å². The van der Waals surface area contributed by atoms with E-state index in [4.69, 9.17) is 30.9 Å². The third-order valence-electron chi connectivity index (χ3n) is 0. The van der Waals surface area contributed by atoms with Gasteiger partial charge in [0.2, 0.25) is 5.91 Å². The molecular weight excluding hydrogens is 546 g/mol. The van der Waals surface area contributed by atoms with E-state index >= 15 is 0 Å². The number of nitrogens with two attached hydrogens (primary N) is 1. The normalized spacial score (nSPS) is 2.68. The number of primary amides is 1. The van der Waals surface area contributed by atoms with Crippen LogP contribution < -0.4 is 5.73 Å². The third kappa shape index (κ3) is 7070. The maximum absolute atomic E-state index is 9.22. The molecule has 12 heteroatoms. The number of carboxylic acid groups (broad SMARTS) is 1. The van der Waals surface area contributed by atoms with Crippen molar-refractivity contribution in [2.75, 3.05) is 0 Å². The van der Waals surface area contributed by atoms with E-state index in [1.165, 1.54) is 34.6 Å². The Hall–Kier alpha value is -2.84. The van der Waals surface area contributed by atoms with Crippen LogP contribution in [-0.4, -0.2) is 50.6 Å². The van der Waals surface area contributed by atoms with E-state index < -0.39 is 5.97 Å². The first-order chi connectivity index (χ1) is 15.1. The molecule has 0 spiro atoms. The van der Waals surface area contributed by atoms with Crippen molar-refractivity contribution in [3.05, 3.63) is 0 Å². The average Bonchev–Trinajstić information content (AvgIpc) is 2.78. The smallest absolute Gasteiger partial charge is 0.300 e. The predicted octanol–water partition coefficient (Wildman–Crippen LogP) is 11.4. The molecule has 0 unspecified atom stereocenters. The van der Waals surface area contributed by atoms with E-state index in [1.54, 1.807) is 24.3 Å². The van der Waals surface area contributed by atoms with Gasteiger partial charge in [0.15, 0.2) is 0 Å². The second-order valence-electron chi connectivity index (χ2n) is 2.02. The fourth-order valence-electron chi connectivity index (χ4n) is 0. The van der Waals surface area contributed by atoms with Gasteiger partial charge in [0.1, 0.15) is 0 Å². The minimum atomic E-state index is -0.833. The standard InChI is InChI=1S/C2H5NO.4C2H3N.C2H4O2.6C2H6.8CH4.4B/c1-2(3)4;4*1-2-3;1-2(3)4;6*1-2;;;;;;;;;;;;/h1H3,(H2,3,4);4*1H3;1H3,(H,3,4);6*1-2H3;8*1H4;;;;. The Morgan fingerprint density at radius 2 is 0.432 bits per heavy atom. The molecule has 0 rings (SSSR count). The van der Waals surface area contributed by atoms with Crippen LogP contribution in [0, 0.1) is 45.3 Å². The number of hydrogen-bond donors (Lipinski definition) is 2. The van der Waals surface area contributed by atoms with Crippen LogP contribution in [0.15, 0.2) is 0 Å². The van der Waals surface area contributed by atoms with Crippen LogP contribution in [0.5, 0.6) is 0 Å². The van der Waals surface area contributed by atoms with Crippen LogP contribution in [0.4, 0.5) is 0 Å². The molecule has 0 saturated carbocycles. The monoisotopic (exact) mass is 636 g/mol. The summed E-state index contributed by atoms with van der Waals surface area (Å²) in [5, 5.41) is 36.7. The Kier molecular flexibility index (Phi) is 6160. The summed E-state index contributed by atoms with van der Waals surface area (Å²) in [6.45, 7) is 32.1. The van der Waals surface area contributed by atoms with E-state index in [0.29, 0.717) is 0 Å². The minimum Gasteiger partial charge on any atom is -0.481 e. The lowest BCUT2D eigenvalue weighted by Gasteiger charge is -1.60. The number of nitriles is 4. The van der Waals surface area contributed by atoms with Crippen LogP contribution in [0.2, 0.25) is 0 Å². The lowest BCUT2D eigenvalue weighted by molar-refractivity contribution is -0.134. The Bertz CT molecular complexity index is 314. The van der Waals surface area contributed by atoms with E-state index in [2.05, 4.69) is 5.73 Å². The minimum absolute atomic E-state index is 0. The molecular formula is C32H89B4N5O3. The van der Waals surface area contributed by atoms with Crippen molar-refractivity contribution in [1.29, 1.82) is 21.0 Å². The van der Waals surface area contributed by atoms with Crippen molar-refractivity contribution >= 4 is 45.5 Å². The van der Waals surface area contributed by atoms with Crippen LogP contribution in [-0.2, 0) is 9.59 Å². The molecule has 1 amide bonds. The topological polar surface area (TPSA) is 176 Å². The largest absolute Gasteiger partial charge is 0.481 e. The Morgan fingerprint density at radius 3 is 0.432 bits per heavy atom. The van der Waals surface area contributed by atoms with Gasteiger partial charge in [-0.25, -0.2) is 0 Å². The van der Waals surface area contributed by atoms with Gasteiger partial charge in [-0.05, 0) is 0 Å². The van der Waals surface area contributed by atoms with Gasteiger partial charge in [0.05, 0.1) is 24.3 Å². The molecule has 0 aliphatic rings. The molecule has 0 aromatic carbocycles. The molecule has 272 valence electrons. The van der Waals surface area contributed by atoms with Crippen molar-refractivity contribution in [2.24, 2.45) is 5.73 Å². The molecule has 12 radical (unpaired) electrons. The molecule has 0 heterocycles. The highest BCUT2D eigenvalue weighted by Crippen LogP contribution is 1.42. The third-order valence-corrected chi connectivity index (χ3v) is 0. The van der Waals surface area contributed by atoms with Gasteiger partial charge in [-0.15, -0.1) is 0 Å². The van der Waals surface area contributed by atoms with Crippen LogP contribution in [0.3, 0.4) is 0 Å². The Labute approximate surface area is 294 Å². The lowest BCUT2D eigenvalue weighted by atomic mass is 10.8. The molecule has 8 nitrogen and oxygen atoms in total. The second-order valence-corrected chi connectivity index (χ2v) is 2.02. The van der Waals surface area contributed by atoms with Crippen LogP contribution >= 0.6 is 0 Å². The fourth-order valence-corrected chi connectivity index (χ4v) is 0. The quantitative estimate of drug-likeness (QED) is 0.249. The zero-order valence-electron chi connectivity index (χ0n) is 26.9. The highest BCUT2D eigenvalue weighted by molar-refractivity contribution is 5.76. The summed E-state index contributed by atoms with van der Waals surface area (Å²) >= 11 is 0.